The minimum atomic E-state index is -3.33. The zero-order valence-electron chi connectivity index (χ0n) is 10.2. The topological polar surface area (TPSA) is 46.2 Å². The first-order valence-electron chi connectivity index (χ1n) is 5.51. The number of hydrogen-bond acceptors (Lipinski definition) is 3. The average Bonchev–Trinajstić information content (AvgIpc) is 2.62. The van der Waals surface area contributed by atoms with Crippen LogP contribution in [0.4, 0.5) is 0 Å². The number of hydrogen-bond donors (Lipinski definition) is 1. The summed E-state index contributed by atoms with van der Waals surface area (Å²) in [4.78, 5) is 1.18. The number of sulfonamides is 1. The molecule has 1 unspecified atom stereocenters. The van der Waals surface area contributed by atoms with Crippen LogP contribution in [-0.4, -0.2) is 19.8 Å². The van der Waals surface area contributed by atoms with Gasteiger partial charge in [0.2, 0.25) is 10.0 Å². The molecule has 1 N–H and O–H groups in total. The molecule has 1 heterocycles. The van der Waals surface area contributed by atoms with Crippen molar-refractivity contribution in [1.29, 1.82) is 0 Å². The van der Waals surface area contributed by atoms with E-state index in [0.29, 0.717) is 16.7 Å². The summed E-state index contributed by atoms with van der Waals surface area (Å²) in [5.74, 6) is 0.549. The monoisotopic (exact) mass is 339 g/mol. The summed E-state index contributed by atoms with van der Waals surface area (Å²) in [6.45, 7) is 6.56. The van der Waals surface area contributed by atoms with Crippen molar-refractivity contribution in [1.82, 2.24) is 4.72 Å². The van der Waals surface area contributed by atoms with Crippen LogP contribution in [0.5, 0.6) is 0 Å². The maximum absolute atomic E-state index is 11.9. The van der Waals surface area contributed by atoms with E-state index in [2.05, 4.69) is 34.5 Å². The van der Waals surface area contributed by atoms with Crippen molar-refractivity contribution in [2.24, 2.45) is 5.92 Å². The van der Waals surface area contributed by atoms with Crippen LogP contribution in [0.2, 0.25) is 0 Å². The van der Waals surface area contributed by atoms with E-state index >= 15 is 0 Å². The highest BCUT2D eigenvalue weighted by Crippen LogP contribution is 2.20. The lowest BCUT2D eigenvalue weighted by Gasteiger charge is -2.12. The molecule has 1 atom stereocenters. The number of thiophene rings is 1. The molecule has 0 saturated carbocycles. The summed E-state index contributed by atoms with van der Waals surface area (Å²) in [6.07, 6.45) is 0.950. The minimum absolute atomic E-state index is 0.179. The van der Waals surface area contributed by atoms with Gasteiger partial charge in [0.15, 0.2) is 0 Å². The zero-order chi connectivity index (χ0) is 13.1. The maximum atomic E-state index is 11.9. The Balaban J connectivity index is 2.56. The van der Waals surface area contributed by atoms with Crippen molar-refractivity contribution in [3.8, 4) is 0 Å². The van der Waals surface area contributed by atoms with E-state index < -0.39 is 10.0 Å². The summed E-state index contributed by atoms with van der Waals surface area (Å²) < 4.78 is 26.8. The minimum Gasteiger partial charge on any atom is -0.209 e. The number of aryl methyl sites for hydroxylation is 1. The molecule has 98 valence electrons. The van der Waals surface area contributed by atoms with Gasteiger partial charge in [0, 0.05) is 16.2 Å². The van der Waals surface area contributed by atoms with Gasteiger partial charge in [-0.2, -0.15) is 0 Å². The Hall–Kier alpha value is 0.0900. The SMILES string of the molecule is Cc1ccc(S(=O)(=O)NCC(Br)CC(C)C)s1. The van der Waals surface area contributed by atoms with Gasteiger partial charge in [-0.3, -0.25) is 0 Å². The second-order valence-electron chi connectivity index (χ2n) is 4.44. The molecular weight excluding hydrogens is 322 g/mol. The second kappa shape index (κ2) is 6.31. The van der Waals surface area contributed by atoms with Crippen molar-refractivity contribution >= 4 is 37.3 Å². The third kappa shape index (κ3) is 5.07. The Bertz CT molecular complexity index is 454. The van der Waals surface area contributed by atoms with Gasteiger partial charge in [0.05, 0.1) is 0 Å². The highest BCUT2D eigenvalue weighted by Gasteiger charge is 2.17. The molecule has 1 aromatic rings. The van der Waals surface area contributed by atoms with Crippen LogP contribution in [0.1, 0.15) is 25.1 Å². The van der Waals surface area contributed by atoms with E-state index in [1.165, 1.54) is 11.3 Å². The fourth-order valence-corrected chi connectivity index (χ4v) is 4.96. The number of alkyl halides is 1. The Morgan fingerprint density at radius 1 is 1.41 bits per heavy atom. The summed E-state index contributed by atoms with van der Waals surface area (Å²) in [5, 5.41) is 0. The average molecular weight is 340 g/mol. The number of rotatable bonds is 6. The Labute approximate surface area is 116 Å². The largest absolute Gasteiger partial charge is 0.250 e. The molecule has 0 aliphatic heterocycles. The molecule has 0 aliphatic carbocycles. The second-order valence-corrected chi connectivity index (χ2v) is 9.02. The zero-order valence-corrected chi connectivity index (χ0v) is 13.5. The maximum Gasteiger partial charge on any atom is 0.250 e. The predicted octanol–water partition coefficient (Wildman–Crippen LogP) is 3.14. The van der Waals surface area contributed by atoms with Gasteiger partial charge in [0.25, 0.3) is 0 Å². The molecule has 0 fully saturated rings. The van der Waals surface area contributed by atoms with Gasteiger partial charge in [-0.25, -0.2) is 13.1 Å². The molecule has 0 spiro atoms. The first-order chi connectivity index (χ1) is 7.81. The number of halogens is 1. The van der Waals surface area contributed by atoms with E-state index in [1.807, 2.05) is 13.0 Å². The molecule has 3 nitrogen and oxygen atoms in total. The van der Waals surface area contributed by atoms with E-state index in [0.717, 1.165) is 11.3 Å². The summed E-state index contributed by atoms with van der Waals surface area (Å²) in [6, 6.07) is 3.47. The third-order valence-electron chi connectivity index (χ3n) is 2.20. The molecule has 1 aromatic heterocycles. The van der Waals surface area contributed by atoms with Gasteiger partial charge in [-0.1, -0.05) is 29.8 Å². The summed E-state index contributed by atoms with van der Waals surface area (Å²) in [7, 11) is -3.33. The molecule has 6 heteroatoms. The van der Waals surface area contributed by atoms with E-state index in [9.17, 15) is 8.42 Å². The van der Waals surface area contributed by atoms with Crippen LogP contribution < -0.4 is 4.72 Å². The highest BCUT2D eigenvalue weighted by atomic mass is 79.9. The van der Waals surface area contributed by atoms with Crippen LogP contribution in [0.15, 0.2) is 16.3 Å². The molecule has 0 amide bonds. The molecular formula is C11H18BrNO2S2. The summed E-state index contributed by atoms with van der Waals surface area (Å²) >= 11 is 4.78. The quantitative estimate of drug-likeness (QED) is 0.809. The Kier molecular flexibility index (Phi) is 5.63. The van der Waals surface area contributed by atoms with Crippen LogP contribution in [-0.2, 0) is 10.0 Å². The predicted molar refractivity (Wildman–Crippen MR) is 76.4 cm³/mol. The van der Waals surface area contributed by atoms with E-state index in [-0.39, 0.29) is 4.83 Å². The molecule has 0 saturated heterocycles. The third-order valence-corrected chi connectivity index (χ3v) is 5.82. The van der Waals surface area contributed by atoms with Gasteiger partial charge >= 0.3 is 0 Å². The smallest absolute Gasteiger partial charge is 0.209 e. The van der Waals surface area contributed by atoms with Crippen molar-refractivity contribution in [2.75, 3.05) is 6.54 Å². The lowest BCUT2D eigenvalue weighted by molar-refractivity contribution is 0.552. The van der Waals surface area contributed by atoms with Gasteiger partial charge in [-0.15, -0.1) is 11.3 Å². The fourth-order valence-electron chi connectivity index (χ4n) is 1.42. The molecule has 0 aliphatic rings. The highest BCUT2D eigenvalue weighted by molar-refractivity contribution is 9.09. The lowest BCUT2D eigenvalue weighted by atomic mass is 10.1. The Morgan fingerprint density at radius 2 is 2.06 bits per heavy atom. The molecule has 17 heavy (non-hydrogen) atoms. The fraction of sp³-hybridized carbons (Fsp3) is 0.636. The van der Waals surface area contributed by atoms with Crippen LogP contribution in [0, 0.1) is 12.8 Å². The van der Waals surface area contributed by atoms with E-state index in [4.69, 9.17) is 0 Å². The lowest BCUT2D eigenvalue weighted by Crippen LogP contribution is -2.29. The standard InChI is InChI=1S/C11H18BrNO2S2/c1-8(2)6-10(12)7-13-17(14,15)11-5-4-9(3)16-11/h4-5,8,10,13H,6-7H2,1-3H3. The molecule has 0 bridgehead atoms. The van der Waals surface area contributed by atoms with Crippen LogP contribution in [0.25, 0.3) is 0 Å². The molecule has 0 radical (unpaired) electrons. The molecule has 0 aromatic carbocycles. The Morgan fingerprint density at radius 3 is 2.53 bits per heavy atom. The van der Waals surface area contributed by atoms with Crippen molar-refractivity contribution in [3.63, 3.8) is 0 Å². The normalized spacial score (nSPS) is 14.2. The first kappa shape index (κ1) is 15.1. The van der Waals surface area contributed by atoms with Gasteiger partial charge < -0.3 is 0 Å². The number of nitrogens with one attached hydrogen (secondary N) is 1. The van der Waals surface area contributed by atoms with Crippen LogP contribution >= 0.6 is 27.3 Å². The van der Waals surface area contributed by atoms with Gasteiger partial charge in [-0.05, 0) is 31.4 Å². The van der Waals surface area contributed by atoms with Gasteiger partial charge in [0.1, 0.15) is 4.21 Å². The van der Waals surface area contributed by atoms with E-state index in [1.54, 1.807) is 6.07 Å². The van der Waals surface area contributed by atoms with Crippen molar-refractivity contribution < 1.29 is 8.42 Å². The molecule has 1 rings (SSSR count). The van der Waals surface area contributed by atoms with Crippen LogP contribution in [0.3, 0.4) is 0 Å². The van der Waals surface area contributed by atoms with Crippen molar-refractivity contribution in [3.05, 3.63) is 17.0 Å². The van der Waals surface area contributed by atoms with Crippen molar-refractivity contribution in [2.45, 2.75) is 36.2 Å². The summed E-state index contributed by atoms with van der Waals surface area (Å²) in [5.41, 5.74) is 0. The first-order valence-corrected chi connectivity index (χ1v) is 8.73.